The first-order valence-corrected chi connectivity index (χ1v) is 11.2. The zero-order valence-corrected chi connectivity index (χ0v) is 18.8. The predicted molar refractivity (Wildman–Crippen MR) is 117 cm³/mol. The molecule has 1 atom stereocenters. The number of aliphatic hydroxyl groups is 1. The van der Waals surface area contributed by atoms with Crippen molar-refractivity contribution in [3.8, 4) is 0 Å². The molecule has 1 aliphatic rings. The fourth-order valence-electron chi connectivity index (χ4n) is 3.60. The number of rotatable bonds is 11. The number of aliphatic carboxylic acids is 1. The molecule has 0 aromatic heterocycles. The first-order chi connectivity index (χ1) is 13.0. The van der Waals surface area contributed by atoms with Crippen LogP contribution in [0.5, 0.6) is 0 Å². The molecule has 0 aromatic carbocycles. The zero-order valence-electron chi connectivity index (χ0n) is 18.0. The minimum absolute atomic E-state index is 0.0920. The van der Waals surface area contributed by atoms with Crippen molar-refractivity contribution in [2.45, 2.75) is 85.2 Å². The molecule has 0 aliphatic heterocycles. The van der Waals surface area contributed by atoms with Crippen molar-refractivity contribution in [1.82, 2.24) is 0 Å². The topological polar surface area (TPSA) is 74.6 Å². The van der Waals surface area contributed by atoms with E-state index in [1.807, 2.05) is 20.8 Å². The van der Waals surface area contributed by atoms with Gasteiger partial charge in [0.05, 0.1) is 4.91 Å². The van der Waals surface area contributed by atoms with Crippen LogP contribution in [0.2, 0.25) is 0 Å². The molecular weight excluding hydrogens is 372 g/mol. The molecule has 1 aliphatic carbocycles. The highest BCUT2D eigenvalue weighted by Gasteiger charge is 2.49. The van der Waals surface area contributed by atoms with Gasteiger partial charge in [0.25, 0.3) is 0 Å². The van der Waals surface area contributed by atoms with Gasteiger partial charge in [-0.25, -0.2) is 4.79 Å². The van der Waals surface area contributed by atoms with E-state index in [1.54, 1.807) is 30.8 Å². The van der Waals surface area contributed by atoms with Gasteiger partial charge in [-0.3, -0.25) is 4.79 Å². The van der Waals surface area contributed by atoms with Crippen LogP contribution in [0.25, 0.3) is 0 Å². The van der Waals surface area contributed by atoms with Gasteiger partial charge in [0.15, 0.2) is 5.78 Å². The lowest BCUT2D eigenvalue weighted by Gasteiger charge is -2.45. The largest absolute Gasteiger partial charge is 0.478 e. The summed E-state index contributed by atoms with van der Waals surface area (Å²) in [6.45, 7) is 9.47. The average Bonchev–Trinajstić information content (AvgIpc) is 2.59. The number of carbonyl (C=O) groups excluding carboxylic acids is 1. The number of ketones is 1. The highest BCUT2D eigenvalue weighted by Crippen LogP contribution is 2.48. The number of allylic oxidation sites excluding steroid dienone is 3. The van der Waals surface area contributed by atoms with E-state index in [1.165, 1.54) is 32.1 Å². The van der Waals surface area contributed by atoms with E-state index in [4.69, 9.17) is 5.11 Å². The molecule has 0 amide bonds. The first-order valence-electron chi connectivity index (χ1n) is 10.3. The van der Waals surface area contributed by atoms with Gasteiger partial charge < -0.3 is 10.2 Å². The van der Waals surface area contributed by atoms with Crippen molar-refractivity contribution in [2.24, 2.45) is 5.41 Å². The van der Waals surface area contributed by atoms with Crippen LogP contribution in [-0.4, -0.2) is 33.3 Å². The molecule has 5 heteroatoms. The molecule has 0 radical (unpaired) electrons. The highest BCUT2D eigenvalue weighted by atomic mass is 32.2. The lowest BCUT2D eigenvalue weighted by Crippen LogP contribution is -2.49. The molecule has 0 saturated heterocycles. The molecule has 2 N–H and O–H groups in total. The molecule has 0 aromatic rings. The van der Waals surface area contributed by atoms with Gasteiger partial charge in [0.2, 0.25) is 0 Å². The van der Waals surface area contributed by atoms with Crippen LogP contribution in [0, 0.1) is 5.41 Å². The van der Waals surface area contributed by atoms with Gasteiger partial charge >= 0.3 is 5.97 Å². The van der Waals surface area contributed by atoms with Gasteiger partial charge in [-0.05, 0) is 43.2 Å². The van der Waals surface area contributed by atoms with Gasteiger partial charge in [-0.1, -0.05) is 59.0 Å². The van der Waals surface area contributed by atoms with Crippen LogP contribution in [0.15, 0.2) is 34.3 Å². The van der Waals surface area contributed by atoms with Crippen molar-refractivity contribution in [3.05, 3.63) is 34.3 Å². The molecule has 4 nitrogen and oxygen atoms in total. The zero-order chi connectivity index (χ0) is 21.4. The van der Waals surface area contributed by atoms with E-state index in [2.05, 4.69) is 6.92 Å². The van der Waals surface area contributed by atoms with Crippen LogP contribution in [0.4, 0.5) is 0 Å². The Morgan fingerprint density at radius 2 is 1.79 bits per heavy atom. The number of Topliss-reactive ketones (excluding diaryl/α,β-unsaturated/α-hetero) is 1. The molecule has 0 heterocycles. The van der Waals surface area contributed by atoms with Crippen molar-refractivity contribution in [1.29, 1.82) is 0 Å². The SMILES string of the molecule is CCCCCCCCSC1=C(C)[C@](O)(/C=C/C(C)=C\C(=O)O)C(C)(C)CC1=O. The van der Waals surface area contributed by atoms with E-state index in [0.717, 1.165) is 18.2 Å². The molecule has 0 saturated carbocycles. The van der Waals surface area contributed by atoms with Crippen LogP contribution in [0.1, 0.15) is 79.6 Å². The third-order valence-electron chi connectivity index (χ3n) is 5.48. The maximum Gasteiger partial charge on any atom is 0.328 e. The number of hydrogen-bond donors (Lipinski definition) is 2. The standard InChI is InChI=1S/C23H36O4S/c1-6-7-8-9-10-11-14-28-21-18(3)23(27,22(4,5)16-19(21)24)13-12-17(2)15-20(25)26/h12-13,15,27H,6-11,14,16H2,1-5H3,(H,25,26)/b13-12+,17-15-/t23-/m1/s1. The lowest BCUT2D eigenvalue weighted by atomic mass is 9.64. The first kappa shape index (κ1) is 24.7. The van der Waals surface area contributed by atoms with E-state index in [-0.39, 0.29) is 12.2 Å². The van der Waals surface area contributed by atoms with E-state index in [0.29, 0.717) is 16.1 Å². The Kier molecular flexibility index (Phi) is 9.72. The number of unbranched alkanes of at least 4 members (excludes halogenated alkanes) is 5. The van der Waals surface area contributed by atoms with Gasteiger partial charge in [-0.2, -0.15) is 0 Å². The number of thioether (sulfide) groups is 1. The van der Waals surface area contributed by atoms with Crippen LogP contribution in [-0.2, 0) is 9.59 Å². The molecule has 28 heavy (non-hydrogen) atoms. The third-order valence-corrected chi connectivity index (χ3v) is 6.80. The molecule has 1 rings (SSSR count). The normalized spacial score (nSPS) is 22.9. The minimum atomic E-state index is -1.28. The van der Waals surface area contributed by atoms with Gasteiger partial charge in [-0.15, -0.1) is 11.8 Å². The van der Waals surface area contributed by atoms with E-state index < -0.39 is 17.0 Å². The Hall–Kier alpha value is -1.33. The maximum absolute atomic E-state index is 12.7. The summed E-state index contributed by atoms with van der Waals surface area (Å²) >= 11 is 1.55. The fourth-order valence-corrected chi connectivity index (χ4v) is 4.75. The van der Waals surface area contributed by atoms with Gasteiger partial charge in [0.1, 0.15) is 5.60 Å². The minimum Gasteiger partial charge on any atom is -0.478 e. The molecule has 0 bridgehead atoms. The maximum atomic E-state index is 12.7. The second kappa shape index (κ2) is 11.0. The van der Waals surface area contributed by atoms with Gasteiger partial charge in [0, 0.05) is 17.9 Å². The molecular formula is C23H36O4S. The van der Waals surface area contributed by atoms with E-state index >= 15 is 0 Å². The Balaban J connectivity index is 2.93. The summed E-state index contributed by atoms with van der Waals surface area (Å²) in [5.41, 5.74) is -0.720. The Morgan fingerprint density at radius 1 is 1.18 bits per heavy atom. The summed E-state index contributed by atoms with van der Waals surface area (Å²) in [5, 5.41) is 20.3. The molecule has 0 spiro atoms. The monoisotopic (exact) mass is 408 g/mol. The second-order valence-electron chi connectivity index (χ2n) is 8.38. The highest BCUT2D eigenvalue weighted by molar-refractivity contribution is 8.04. The quantitative estimate of drug-likeness (QED) is 0.262. The smallest absolute Gasteiger partial charge is 0.328 e. The summed E-state index contributed by atoms with van der Waals surface area (Å²) < 4.78 is 0. The molecule has 0 fully saturated rings. The van der Waals surface area contributed by atoms with E-state index in [9.17, 15) is 14.7 Å². The summed E-state index contributed by atoms with van der Waals surface area (Å²) in [6, 6.07) is 0. The number of carboxylic acids is 1. The summed E-state index contributed by atoms with van der Waals surface area (Å²) in [7, 11) is 0. The average molecular weight is 409 g/mol. The molecule has 0 unspecified atom stereocenters. The van der Waals surface area contributed by atoms with Crippen molar-refractivity contribution in [2.75, 3.05) is 5.75 Å². The number of hydrogen-bond acceptors (Lipinski definition) is 4. The third kappa shape index (κ3) is 6.63. The summed E-state index contributed by atoms with van der Waals surface area (Å²) in [5.74, 6) is -0.0491. The lowest BCUT2D eigenvalue weighted by molar-refractivity contribution is -0.131. The molecule has 158 valence electrons. The number of carbonyl (C=O) groups is 2. The van der Waals surface area contributed by atoms with Crippen LogP contribution < -0.4 is 0 Å². The van der Waals surface area contributed by atoms with Crippen molar-refractivity contribution >= 4 is 23.5 Å². The fraction of sp³-hybridized carbons (Fsp3) is 0.652. The predicted octanol–water partition coefficient (Wildman–Crippen LogP) is 5.67. The van der Waals surface area contributed by atoms with Crippen LogP contribution >= 0.6 is 11.8 Å². The van der Waals surface area contributed by atoms with Crippen LogP contribution in [0.3, 0.4) is 0 Å². The summed E-state index contributed by atoms with van der Waals surface area (Å²) in [6.07, 6.45) is 11.9. The summed E-state index contributed by atoms with van der Waals surface area (Å²) in [4.78, 5) is 24.2. The Labute approximate surface area is 174 Å². The number of carboxylic acid groups (broad SMARTS) is 1. The second-order valence-corrected chi connectivity index (χ2v) is 9.49. The van der Waals surface area contributed by atoms with Crippen molar-refractivity contribution < 1.29 is 19.8 Å². The van der Waals surface area contributed by atoms with Crippen molar-refractivity contribution in [3.63, 3.8) is 0 Å². The Bertz CT molecular complexity index is 658. The Morgan fingerprint density at radius 3 is 2.39 bits per heavy atom.